The summed E-state index contributed by atoms with van der Waals surface area (Å²) in [5.41, 5.74) is 0.442. The third-order valence-electron chi connectivity index (χ3n) is 7.56. The predicted molar refractivity (Wildman–Crippen MR) is 82.7 cm³/mol. The zero-order valence-electron chi connectivity index (χ0n) is 13.2. The molecule has 4 rings (SSSR count). The number of carbonyl (C=O) groups excluding carboxylic acids is 1. The molecule has 0 unspecified atom stereocenters. The molecule has 0 amide bonds. The summed E-state index contributed by atoms with van der Waals surface area (Å²) in [6, 6.07) is 0. The SMILES string of the molecule is C[C@]12CCC=CC1=CC[C@H]1[C@@H]3CCC(=O)[C@@]3(C)CC[C@]12O. The van der Waals surface area contributed by atoms with Gasteiger partial charge in [-0.2, -0.15) is 0 Å². The second kappa shape index (κ2) is 4.10. The van der Waals surface area contributed by atoms with Crippen molar-refractivity contribution < 1.29 is 9.90 Å². The van der Waals surface area contributed by atoms with Gasteiger partial charge in [-0.15, -0.1) is 0 Å². The molecule has 2 nitrogen and oxygen atoms in total. The molecule has 0 aromatic rings. The van der Waals surface area contributed by atoms with Gasteiger partial charge in [-0.05, 0) is 55.9 Å². The maximum Gasteiger partial charge on any atom is 0.139 e. The number of aliphatic hydroxyl groups is 1. The van der Waals surface area contributed by atoms with Gasteiger partial charge in [0.1, 0.15) is 5.78 Å². The fourth-order valence-corrected chi connectivity index (χ4v) is 6.00. The predicted octanol–water partition coefficient (Wildman–Crippen LogP) is 3.80. The summed E-state index contributed by atoms with van der Waals surface area (Å²) >= 11 is 0. The van der Waals surface area contributed by atoms with Crippen LogP contribution in [-0.2, 0) is 4.79 Å². The topological polar surface area (TPSA) is 37.3 Å². The van der Waals surface area contributed by atoms with Gasteiger partial charge in [0.15, 0.2) is 0 Å². The van der Waals surface area contributed by atoms with Gasteiger partial charge in [0.05, 0.1) is 5.60 Å². The third-order valence-corrected chi connectivity index (χ3v) is 7.56. The number of hydrogen-bond donors (Lipinski definition) is 1. The molecule has 5 atom stereocenters. The molecule has 2 heteroatoms. The highest BCUT2D eigenvalue weighted by atomic mass is 16.3. The van der Waals surface area contributed by atoms with Crippen LogP contribution >= 0.6 is 0 Å². The van der Waals surface area contributed by atoms with Crippen molar-refractivity contribution >= 4 is 5.78 Å². The van der Waals surface area contributed by atoms with Crippen molar-refractivity contribution in [2.24, 2.45) is 22.7 Å². The van der Waals surface area contributed by atoms with E-state index in [-0.39, 0.29) is 16.7 Å². The van der Waals surface area contributed by atoms with Gasteiger partial charge >= 0.3 is 0 Å². The van der Waals surface area contributed by atoms with Crippen LogP contribution in [0.2, 0.25) is 0 Å². The largest absolute Gasteiger partial charge is 0.389 e. The van der Waals surface area contributed by atoms with Crippen LogP contribution in [-0.4, -0.2) is 16.5 Å². The minimum absolute atomic E-state index is 0.113. The monoisotopic (exact) mass is 286 g/mol. The first-order valence-corrected chi connectivity index (χ1v) is 8.55. The van der Waals surface area contributed by atoms with Crippen molar-refractivity contribution in [1.29, 1.82) is 0 Å². The Morgan fingerprint density at radius 3 is 2.81 bits per heavy atom. The van der Waals surface area contributed by atoms with Crippen LogP contribution in [0.15, 0.2) is 23.8 Å². The Labute approximate surface area is 127 Å². The van der Waals surface area contributed by atoms with Crippen molar-refractivity contribution in [3.63, 3.8) is 0 Å². The molecule has 4 aliphatic rings. The van der Waals surface area contributed by atoms with E-state index < -0.39 is 5.60 Å². The normalized spacial score (nSPS) is 52.0. The molecule has 0 radical (unpaired) electrons. The summed E-state index contributed by atoms with van der Waals surface area (Å²) in [5.74, 6) is 1.09. The summed E-state index contributed by atoms with van der Waals surface area (Å²) in [6.45, 7) is 4.42. The Morgan fingerprint density at radius 1 is 1.19 bits per heavy atom. The summed E-state index contributed by atoms with van der Waals surface area (Å²) < 4.78 is 0. The van der Waals surface area contributed by atoms with Crippen molar-refractivity contribution in [3.05, 3.63) is 23.8 Å². The van der Waals surface area contributed by atoms with Crippen molar-refractivity contribution in [2.75, 3.05) is 0 Å². The lowest BCUT2D eigenvalue weighted by Crippen LogP contribution is -2.62. The van der Waals surface area contributed by atoms with Gasteiger partial charge in [0.2, 0.25) is 0 Å². The van der Waals surface area contributed by atoms with Crippen LogP contribution in [0.25, 0.3) is 0 Å². The van der Waals surface area contributed by atoms with E-state index in [1.54, 1.807) is 0 Å². The van der Waals surface area contributed by atoms with Crippen LogP contribution in [0.4, 0.5) is 0 Å². The van der Waals surface area contributed by atoms with Gasteiger partial charge < -0.3 is 5.11 Å². The molecule has 21 heavy (non-hydrogen) atoms. The minimum atomic E-state index is -0.614. The number of ketones is 1. The van der Waals surface area contributed by atoms with E-state index in [1.807, 2.05) is 0 Å². The summed E-state index contributed by atoms with van der Waals surface area (Å²) in [5, 5.41) is 11.7. The van der Waals surface area contributed by atoms with Gasteiger partial charge in [-0.3, -0.25) is 4.79 Å². The van der Waals surface area contributed by atoms with E-state index in [0.717, 1.165) is 44.9 Å². The Bertz CT molecular complexity index is 560. The molecule has 0 aliphatic heterocycles. The average molecular weight is 286 g/mol. The molecule has 0 heterocycles. The van der Waals surface area contributed by atoms with E-state index >= 15 is 0 Å². The first-order chi connectivity index (χ1) is 9.92. The lowest BCUT2D eigenvalue weighted by atomic mass is 9.46. The molecule has 2 saturated carbocycles. The van der Waals surface area contributed by atoms with E-state index in [4.69, 9.17) is 0 Å². The number of allylic oxidation sites excluding steroid dienone is 3. The van der Waals surface area contributed by atoms with Crippen molar-refractivity contribution in [2.45, 2.75) is 64.4 Å². The molecule has 114 valence electrons. The highest BCUT2D eigenvalue weighted by Crippen LogP contribution is 2.65. The third kappa shape index (κ3) is 1.50. The van der Waals surface area contributed by atoms with Gasteiger partial charge in [-0.1, -0.05) is 32.1 Å². The van der Waals surface area contributed by atoms with Gasteiger partial charge in [0, 0.05) is 17.3 Å². The van der Waals surface area contributed by atoms with Gasteiger partial charge in [-0.25, -0.2) is 0 Å². The molecule has 0 spiro atoms. The van der Waals surface area contributed by atoms with Crippen LogP contribution in [0.1, 0.15) is 58.8 Å². The van der Waals surface area contributed by atoms with E-state index in [0.29, 0.717) is 11.7 Å². The average Bonchev–Trinajstić information content (AvgIpc) is 2.76. The minimum Gasteiger partial charge on any atom is -0.389 e. The molecule has 0 aromatic carbocycles. The standard InChI is InChI=1S/C19H26O2/c1-17-11-12-19(21)15(14(17)8-9-16(17)20)7-6-13-5-3-4-10-18(13,19)2/h3,5-6,14-15,21H,4,7-12H2,1-2H3/t14-,15-,17-,18-,19-/m0/s1. The molecule has 0 aromatic heterocycles. The number of Topliss-reactive ketones (excluding diaryl/α,β-unsaturated/α-hetero) is 1. The first kappa shape index (κ1) is 13.8. The number of hydrogen-bond acceptors (Lipinski definition) is 2. The highest BCUT2D eigenvalue weighted by molar-refractivity contribution is 5.87. The lowest BCUT2D eigenvalue weighted by Gasteiger charge is -2.60. The second-order valence-electron chi connectivity index (χ2n) is 8.18. The fraction of sp³-hybridized carbons (Fsp3) is 0.737. The number of rotatable bonds is 0. The van der Waals surface area contributed by atoms with Gasteiger partial charge in [0.25, 0.3) is 0 Å². The van der Waals surface area contributed by atoms with Crippen molar-refractivity contribution in [1.82, 2.24) is 0 Å². The Morgan fingerprint density at radius 2 is 2.00 bits per heavy atom. The van der Waals surface area contributed by atoms with Crippen LogP contribution in [0, 0.1) is 22.7 Å². The second-order valence-corrected chi connectivity index (χ2v) is 8.18. The van der Waals surface area contributed by atoms with E-state index in [9.17, 15) is 9.90 Å². The molecule has 1 N–H and O–H groups in total. The summed E-state index contributed by atoms with van der Waals surface area (Å²) in [7, 11) is 0. The van der Waals surface area contributed by atoms with Crippen LogP contribution in [0.3, 0.4) is 0 Å². The maximum atomic E-state index is 12.4. The number of fused-ring (bicyclic) bond motifs is 5. The molecule has 0 bridgehead atoms. The summed E-state index contributed by atoms with van der Waals surface area (Å²) in [6.07, 6.45) is 13.2. The van der Waals surface area contributed by atoms with E-state index in [2.05, 4.69) is 32.1 Å². The lowest BCUT2D eigenvalue weighted by molar-refractivity contribution is -0.177. The van der Waals surface area contributed by atoms with Crippen LogP contribution < -0.4 is 0 Å². The van der Waals surface area contributed by atoms with Crippen LogP contribution in [0.5, 0.6) is 0 Å². The van der Waals surface area contributed by atoms with E-state index in [1.165, 1.54) is 5.57 Å². The number of carbonyl (C=O) groups is 1. The molecule has 0 saturated heterocycles. The molecule has 4 aliphatic carbocycles. The highest BCUT2D eigenvalue weighted by Gasteiger charge is 2.64. The summed E-state index contributed by atoms with van der Waals surface area (Å²) in [4.78, 5) is 12.4. The smallest absolute Gasteiger partial charge is 0.139 e. The Balaban J connectivity index is 1.81. The fourth-order valence-electron chi connectivity index (χ4n) is 6.00. The Hall–Kier alpha value is -0.890. The first-order valence-electron chi connectivity index (χ1n) is 8.55. The molecule has 2 fully saturated rings. The molecular weight excluding hydrogens is 260 g/mol. The zero-order valence-corrected chi connectivity index (χ0v) is 13.2. The molecular formula is C19H26O2. The quantitative estimate of drug-likeness (QED) is 0.735. The Kier molecular flexibility index (Phi) is 2.68. The maximum absolute atomic E-state index is 12.4. The zero-order chi connectivity index (χ0) is 14.9. The van der Waals surface area contributed by atoms with Crippen molar-refractivity contribution in [3.8, 4) is 0 Å².